The Hall–Kier alpha value is -2.55. The number of halogens is 3. The van der Waals surface area contributed by atoms with Crippen molar-refractivity contribution >= 4 is 0 Å². The number of aryl methyl sites for hydroxylation is 1. The van der Waals surface area contributed by atoms with Crippen molar-refractivity contribution in [3.8, 4) is 17.4 Å². The highest BCUT2D eigenvalue weighted by Gasteiger charge is 2.33. The summed E-state index contributed by atoms with van der Waals surface area (Å²) >= 11 is 0. The second-order valence-electron chi connectivity index (χ2n) is 7.63. The van der Waals surface area contributed by atoms with Gasteiger partial charge in [-0.3, -0.25) is 4.90 Å². The Bertz CT molecular complexity index is 899. The summed E-state index contributed by atoms with van der Waals surface area (Å²) in [7, 11) is 0. The van der Waals surface area contributed by atoms with Crippen LogP contribution in [0.3, 0.4) is 0 Å². The van der Waals surface area contributed by atoms with E-state index in [0.29, 0.717) is 24.8 Å². The molecule has 0 saturated carbocycles. The zero-order chi connectivity index (χ0) is 21.3. The summed E-state index contributed by atoms with van der Waals surface area (Å²) in [6.45, 7) is 6.21. The predicted octanol–water partition coefficient (Wildman–Crippen LogP) is 4.18. The van der Waals surface area contributed by atoms with E-state index >= 15 is 0 Å². The summed E-state index contributed by atoms with van der Waals surface area (Å²) in [6.07, 6.45) is -1.36. The van der Waals surface area contributed by atoms with E-state index in [1.54, 1.807) is 12.3 Å². The fourth-order valence-electron chi connectivity index (χ4n) is 3.81. The lowest BCUT2D eigenvalue weighted by Gasteiger charge is -2.36. The molecule has 30 heavy (non-hydrogen) atoms. The van der Waals surface area contributed by atoms with Gasteiger partial charge in [0.15, 0.2) is 5.75 Å². The molecule has 2 aliphatic heterocycles. The summed E-state index contributed by atoms with van der Waals surface area (Å²) in [6, 6.07) is 4.62. The monoisotopic (exact) mass is 423 g/mol. The number of ether oxygens (including phenoxy) is 3. The molecule has 0 radical (unpaired) electrons. The third-order valence-electron chi connectivity index (χ3n) is 5.45. The van der Waals surface area contributed by atoms with E-state index in [1.165, 1.54) is 6.92 Å². The highest BCUT2D eigenvalue weighted by atomic mass is 19.4. The lowest BCUT2D eigenvalue weighted by molar-refractivity contribution is -0.141. The van der Waals surface area contributed by atoms with Crippen LogP contribution in [0.25, 0.3) is 0 Å². The fourth-order valence-corrected chi connectivity index (χ4v) is 3.81. The zero-order valence-corrected chi connectivity index (χ0v) is 16.9. The zero-order valence-electron chi connectivity index (χ0n) is 16.9. The van der Waals surface area contributed by atoms with Crippen LogP contribution in [0.4, 0.5) is 13.2 Å². The Morgan fingerprint density at radius 1 is 1.13 bits per heavy atom. The second-order valence-corrected chi connectivity index (χ2v) is 7.63. The van der Waals surface area contributed by atoms with Gasteiger partial charge in [-0.15, -0.1) is 0 Å². The molecule has 1 atom stereocenters. The third kappa shape index (κ3) is 4.61. The van der Waals surface area contributed by atoms with Crippen molar-refractivity contribution in [2.24, 2.45) is 0 Å². The fraction of sp³-hybridized carbons (Fsp3) is 0.524. The van der Waals surface area contributed by atoms with Crippen molar-refractivity contribution in [3.63, 3.8) is 0 Å². The summed E-state index contributed by atoms with van der Waals surface area (Å²) in [4.78, 5) is 10.2. The van der Waals surface area contributed by atoms with Crippen molar-refractivity contribution in [2.45, 2.75) is 45.0 Å². The van der Waals surface area contributed by atoms with Gasteiger partial charge < -0.3 is 14.2 Å². The summed E-state index contributed by atoms with van der Waals surface area (Å²) in [5, 5.41) is 0. The predicted molar refractivity (Wildman–Crippen MR) is 103 cm³/mol. The van der Waals surface area contributed by atoms with Crippen LogP contribution in [0.5, 0.6) is 17.4 Å². The number of hydrogen-bond donors (Lipinski definition) is 0. The summed E-state index contributed by atoms with van der Waals surface area (Å²) < 4.78 is 55.9. The molecule has 1 unspecified atom stereocenters. The van der Waals surface area contributed by atoms with Gasteiger partial charge in [0.2, 0.25) is 0 Å². The number of piperidine rings is 1. The molecular weight excluding hydrogens is 399 g/mol. The van der Waals surface area contributed by atoms with Crippen molar-refractivity contribution in [2.75, 3.05) is 26.3 Å². The van der Waals surface area contributed by atoms with Gasteiger partial charge in [0.1, 0.15) is 30.8 Å². The topological polar surface area (TPSA) is 56.7 Å². The molecule has 6 nitrogen and oxygen atoms in total. The maximum Gasteiger partial charge on any atom is 0.433 e. The highest BCUT2D eigenvalue weighted by molar-refractivity contribution is 5.38. The molecule has 0 aromatic carbocycles. The number of hydrogen-bond acceptors (Lipinski definition) is 6. The van der Waals surface area contributed by atoms with Crippen LogP contribution in [0.15, 0.2) is 24.4 Å². The molecule has 4 rings (SSSR count). The van der Waals surface area contributed by atoms with E-state index in [1.807, 2.05) is 6.07 Å². The molecule has 0 aliphatic carbocycles. The van der Waals surface area contributed by atoms with Gasteiger partial charge in [-0.2, -0.15) is 13.2 Å². The van der Waals surface area contributed by atoms with Crippen LogP contribution in [0, 0.1) is 6.92 Å². The smallest absolute Gasteiger partial charge is 0.433 e. The first-order chi connectivity index (χ1) is 14.3. The number of alkyl halides is 3. The van der Waals surface area contributed by atoms with Gasteiger partial charge >= 0.3 is 6.18 Å². The van der Waals surface area contributed by atoms with Crippen LogP contribution >= 0.6 is 0 Å². The lowest BCUT2D eigenvalue weighted by Crippen LogP contribution is -2.39. The number of fused-ring (bicyclic) bond motifs is 1. The van der Waals surface area contributed by atoms with Gasteiger partial charge in [-0.05, 0) is 38.3 Å². The van der Waals surface area contributed by atoms with Crippen LogP contribution in [-0.2, 0) is 6.18 Å². The number of rotatable bonds is 4. The molecule has 1 fully saturated rings. The van der Waals surface area contributed by atoms with Gasteiger partial charge in [0.05, 0.1) is 0 Å². The Morgan fingerprint density at radius 3 is 2.60 bits per heavy atom. The number of aromatic nitrogens is 2. The van der Waals surface area contributed by atoms with Crippen LogP contribution in [0.1, 0.15) is 42.8 Å². The average Bonchev–Trinajstić information content (AvgIpc) is 2.72. The van der Waals surface area contributed by atoms with Crippen LogP contribution in [-0.4, -0.2) is 47.3 Å². The van der Waals surface area contributed by atoms with Crippen molar-refractivity contribution in [1.82, 2.24) is 14.9 Å². The highest BCUT2D eigenvalue weighted by Crippen LogP contribution is 2.34. The molecule has 0 spiro atoms. The third-order valence-corrected chi connectivity index (χ3v) is 5.45. The van der Waals surface area contributed by atoms with E-state index in [4.69, 9.17) is 14.2 Å². The molecule has 0 N–H and O–H groups in total. The summed E-state index contributed by atoms with van der Waals surface area (Å²) in [5.74, 6) is 1.41. The molecule has 0 bridgehead atoms. The SMILES string of the molecule is Cc1cc(OC2CCN(C(C)c3cnc4c(c3)OCCO4)CC2)cc(C(F)(F)F)n1. The van der Waals surface area contributed by atoms with E-state index in [-0.39, 0.29) is 23.6 Å². The normalized spacial score (nSPS) is 18.8. The molecule has 4 heterocycles. The van der Waals surface area contributed by atoms with E-state index in [2.05, 4.69) is 21.8 Å². The molecule has 162 valence electrons. The van der Waals surface area contributed by atoms with Gasteiger partial charge in [0, 0.05) is 43.2 Å². The molecule has 2 aromatic rings. The first-order valence-corrected chi connectivity index (χ1v) is 10.0. The lowest BCUT2D eigenvalue weighted by atomic mass is 10.0. The first-order valence-electron chi connectivity index (χ1n) is 10.0. The molecule has 1 saturated heterocycles. The largest absolute Gasteiger partial charge is 0.490 e. The second kappa shape index (κ2) is 8.29. The quantitative estimate of drug-likeness (QED) is 0.736. The van der Waals surface area contributed by atoms with Gasteiger partial charge in [0.25, 0.3) is 5.88 Å². The number of nitrogens with zero attached hydrogens (tertiary/aromatic N) is 3. The van der Waals surface area contributed by atoms with E-state index in [0.717, 1.165) is 37.6 Å². The van der Waals surface area contributed by atoms with E-state index < -0.39 is 11.9 Å². The Labute approximate surface area is 173 Å². The maximum atomic E-state index is 13.0. The molecule has 0 amide bonds. The molecular formula is C21H24F3N3O3. The number of pyridine rings is 2. The first kappa shape index (κ1) is 20.7. The Kier molecular flexibility index (Phi) is 5.73. The van der Waals surface area contributed by atoms with Crippen LogP contribution in [0.2, 0.25) is 0 Å². The van der Waals surface area contributed by atoms with Crippen molar-refractivity contribution < 1.29 is 27.4 Å². The van der Waals surface area contributed by atoms with Crippen molar-refractivity contribution in [3.05, 3.63) is 41.3 Å². The maximum absolute atomic E-state index is 13.0. The van der Waals surface area contributed by atoms with Gasteiger partial charge in [-0.1, -0.05) is 0 Å². The standard InChI is InChI=1S/C21H24F3N3O3/c1-13-9-17(11-19(26-13)21(22,23)24)30-16-3-5-27(6-4-16)14(2)15-10-18-20(25-12-15)29-8-7-28-18/h9-12,14,16H,3-8H2,1-2H3. The van der Waals surface area contributed by atoms with Crippen molar-refractivity contribution in [1.29, 1.82) is 0 Å². The molecule has 2 aromatic heterocycles. The van der Waals surface area contributed by atoms with Gasteiger partial charge in [-0.25, -0.2) is 9.97 Å². The Balaban J connectivity index is 1.37. The summed E-state index contributed by atoms with van der Waals surface area (Å²) in [5.41, 5.74) is 0.407. The van der Waals surface area contributed by atoms with E-state index in [9.17, 15) is 13.2 Å². The molecule has 2 aliphatic rings. The minimum Gasteiger partial charge on any atom is -0.490 e. The Morgan fingerprint density at radius 2 is 1.87 bits per heavy atom. The minimum absolute atomic E-state index is 0.130. The average molecular weight is 423 g/mol. The molecule has 9 heteroatoms. The number of likely N-dealkylation sites (tertiary alicyclic amines) is 1. The minimum atomic E-state index is -4.49. The van der Waals surface area contributed by atoms with Crippen LogP contribution < -0.4 is 14.2 Å².